The normalized spacial score (nSPS) is 11.0. The van der Waals surface area contributed by atoms with Crippen molar-refractivity contribution in [2.24, 2.45) is 0 Å². The Morgan fingerprint density at radius 2 is 1.71 bits per heavy atom. The van der Waals surface area contributed by atoms with Crippen LogP contribution in [-0.2, 0) is 4.79 Å². The van der Waals surface area contributed by atoms with E-state index < -0.39 is 0 Å². The van der Waals surface area contributed by atoms with E-state index in [0.29, 0.717) is 30.8 Å². The predicted octanol–water partition coefficient (Wildman–Crippen LogP) is 2.15. The maximum absolute atomic E-state index is 11.8. The highest BCUT2D eigenvalue weighted by Gasteiger charge is 2.10. The number of nitrogens with one attached hydrogen (secondary N) is 3. The van der Waals surface area contributed by atoms with Gasteiger partial charge in [0.25, 0.3) is 5.91 Å². The third-order valence-corrected chi connectivity index (χ3v) is 2.78. The fraction of sp³-hybridized carbons (Fsp3) is 0.500. The number of hydrogen-bond donors (Lipinski definition) is 3. The Morgan fingerprint density at radius 1 is 1.10 bits per heavy atom. The molecule has 0 saturated carbocycles. The van der Waals surface area contributed by atoms with Gasteiger partial charge in [-0.25, -0.2) is 0 Å². The summed E-state index contributed by atoms with van der Waals surface area (Å²) in [6.07, 6.45) is 0.412. The molecule has 0 saturated heterocycles. The monoisotopic (exact) mass is 291 g/mol. The molecule has 0 aliphatic heterocycles. The molecular weight excluding hydrogens is 266 g/mol. The summed E-state index contributed by atoms with van der Waals surface area (Å²) in [6.45, 7) is 9.28. The predicted molar refractivity (Wildman–Crippen MR) is 85.5 cm³/mol. The fourth-order valence-corrected chi connectivity index (χ4v) is 1.74. The summed E-state index contributed by atoms with van der Waals surface area (Å²) in [5.74, 6) is -0.151. The zero-order chi connectivity index (χ0) is 15.9. The highest BCUT2D eigenvalue weighted by Crippen LogP contribution is 2.10. The zero-order valence-electron chi connectivity index (χ0n) is 13.2. The standard InChI is InChI=1S/C16H25N3O2/c1-5-17-15(21)12-6-8-13(9-7-12)19-14(20)10-11-18-16(2,3)4/h6-9,18H,5,10-11H2,1-4H3,(H,17,21)(H,19,20). The van der Waals surface area contributed by atoms with Crippen LogP contribution >= 0.6 is 0 Å². The van der Waals surface area contributed by atoms with Gasteiger partial charge in [-0.2, -0.15) is 0 Å². The van der Waals surface area contributed by atoms with Crippen molar-refractivity contribution < 1.29 is 9.59 Å². The van der Waals surface area contributed by atoms with Gasteiger partial charge < -0.3 is 16.0 Å². The third-order valence-electron chi connectivity index (χ3n) is 2.78. The van der Waals surface area contributed by atoms with Gasteiger partial charge in [0.05, 0.1) is 0 Å². The van der Waals surface area contributed by atoms with Gasteiger partial charge in [0.1, 0.15) is 0 Å². The molecule has 0 aliphatic rings. The topological polar surface area (TPSA) is 70.2 Å². The van der Waals surface area contributed by atoms with Gasteiger partial charge in [0.2, 0.25) is 5.91 Å². The first kappa shape index (κ1) is 17.2. The molecule has 116 valence electrons. The molecular formula is C16H25N3O2. The summed E-state index contributed by atoms with van der Waals surface area (Å²) in [7, 11) is 0. The van der Waals surface area contributed by atoms with E-state index in [2.05, 4.69) is 36.7 Å². The van der Waals surface area contributed by atoms with Crippen LogP contribution in [0.15, 0.2) is 24.3 Å². The Bertz CT molecular complexity index is 475. The summed E-state index contributed by atoms with van der Waals surface area (Å²) in [4.78, 5) is 23.4. The van der Waals surface area contributed by atoms with E-state index in [1.165, 1.54) is 0 Å². The van der Waals surface area contributed by atoms with Crippen LogP contribution in [-0.4, -0.2) is 30.4 Å². The number of benzene rings is 1. The summed E-state index contributed by atoms with van der Waals surface area (Å²) in [5.41, 5.74) is 1.29. The second-order valence-electron chi connectivity index (χ2n) is 5.91. The molecule has 3 N–H and O–H groups in total. The average Bonchev–Trinajstić information content (AvgIpc) is 2.38. The van der Waals surface area contributed by atoms with Gasteiger partial charge in [0.15, 0.2) is 0 Å². The molecule has 21 heavy (non-hydrogen) atoms. The van der Waals surface area contributed by atoms with Crippen molar-refractivity contribution >= 4 is 17.5 Å². The molecule has 5 nitrogen and oxygen atoms in total. The van der Waals surface area contributed by atoms with E-state index in [-0.39, 0.29) is 17.4 Å². The SMILES string of the molecule is CCNC(=O)c1ccc(NC(=O)CCNC(C)(C)C)cc1. The summed E-state index contributed by atoms with van der Waals surface area (Å²) >= 11 is 0. The lowest BCUT2D eigenvalue weighted by Gasteiger charge is -2.20. The van der Waals surface area contributed by atoms with Gasteiger partial charge in [-0.3, -0.25) is 9.59 Å². The van der Waals surface area contributed by atoms with Crippen LogP contribution in [0.3, 0.4) is 0 Å². The van der Waals surface area contributed by atoms with E-state index in [0.717, 1.165) is 0 Å². The average molecular weight is 291 g/mol. The second-order valence-corrected chi connectivity index (χ2v) is 5.91. The minimum atomic E-state index is -0.107. The molecule has 0 spiro atoms. The minimum Gasteiger partial charge on any atom is -0.352 e. The van der Waals surface area contributed by atoms with Crippen molar-refractivity contribution in [3.63, 3.8) is 0 Å². The Hall–Kier alpha value is -1.88. The number of amides is 2. The van der Waals surface area contributed by atoms with Crippen LogP contribution in [0.1, 0.15) is 44.5 Å². The van der Waals surface area contributed by atoms with Crippen molar-refractivity contribution in [1.82, 2.24) is 10.6 Å². The van der Waals surface area contributed by atoms with Crippen LogP contribution in [0.25, 0.3) is 0 Å². The molecule has 5 heteroatoms. The smallest absolute Gasteiger partial charge is 0.251 e. The largest absolute Gasteiger partial charge is 0.352 e. The van der Waals surface area contributed by atoms with Gasteiger partial charge in [-0.15, -0.1) is 0 Å². The summed E-state index contributed by atoms with van der Waals surface area (Å²) < 4.78 is 0. The van der Waals surface area contributed by atoms with E-state index in [1.54, 1.807) is 24.3 Å². The molecule has 1 aromatic carbocycles. The van der Waals surface area contributed by atoms with E-state index >= 15 is 0 Å². The summed E-state index contributed by atoms with van der Waals surface area (Å²) in [5, 5.41) is 8.81. The van der Waals surface area contributed by atoms with Crippen LogP contribution in [0, 0.1) is 0 Å². The Labute approximate surface area is 126 Å². The molecule has 1 aromatic rings. The maximum Gasteiger partial charge on any atom is 0.251 e. The molecule has 0 aliphatic carbocycles. The van der Waals surface area contributed by atoms with Crippen molar-refractivity contribution in [1.29, 1.82) is 0 Å². The van der Waals surface area contributed by atoms with Crippen LogP contribution in [0.4, 0.5) is 5.69 Å². The molecule has 1 rings (SSSR count). The molecule has 0 fully saturated rings. The van der Waals surface area contributed by atoms with Crippen molar-refractivity contribution in [3.8, 4) is 0 Å². The molecule has 0 atom stereocenters. The van der Waals surface area contributed by atoms with Crippen LogP contribution in [0.5, 0.6) is 0 Å². The van der Waals surface area contributed by atoms with Gasteiger partial charge in [0, 0.05) is 36.3 Å². The second kappa shape index (κ2) is 7.78. The van der Waals surface area contributed by atoms with Crippen molar-refractivity contribution in [2.75, 3.05) is 18.4 Å². The van der Waals surface area contributed by atoms with Crippen LogP contribution < -0.4 is 16.0 Å². The Morgan fingerprint density at radius 3 is 2.24 bits per heavy atom. The summed E-state index contributed by atoms with van der Waals surface area (Å²) in [6, 6.07) is 6.88. The quantitative estimate of drug-likeness (QED) is 0.752. The van der Waals surface area contributed by atoms with Gasteiger partial charge >= 0.3 is 0 Å². The first-order valence-electron chi connectivity index (χ1n) is 7.25. The van der Waals surface area contributed by atoms with Gasteiger partial charge in [-0.1, -0.05) is 0 Å². The van der Waals surface area contributed by atoms with E-state index in [9.17, 15) is 9.59 Å². The molecule has 2 amide bonds. The minimum absolute atomic E-state index is 0.00850. The molecule has 0 bridgehead atoms. The number of anilines is 1. The Balaban J connectivity index is 2.44. The van der Waals surface area contributed by atoms with Gasteiger partial charge in [-0.05, 0) is 52.0 Å². The number of carbonyl (C=O) groups is 2. The molecule has 0 radical (unpaired) electrons. The van der Waals surface area contributed by atoms with Crippen molar-refractivity contribution in [3.05, 3.63) is 29.8 Å². The van der Waals surface area contributed by atoms with Crippen LogP contribution in [0.2, 0.25) is 0 Å². The molecule has 0 aromatic heterocycles. The third kappa shape index (κ3) is 6.90. The number of hydrogen-bond acceptors (Lipinski definition) is 3. The lowest BCUT2D eigenvalue weighted by atomic mass is 10.1. The number of carbonyl (C=O) groups excluding carboxylic acids is 2. The van der Waals surface area contributed by atoms with E-state index in [4.69, 9.17) is 0 Å². The fourth-order valence-electron chi connectivity index (χ4n) is 1.74. The Kier molecular flexibility index (Phi) is 6.37. The highest BCUT2D eigenvalue weighted by molar-refractivity contribution is 5.95. The van der Waals surface area contributed by atoms with Crippen molar-refractivity contribution in [2.45, 2.75) is 39.7 Å². The van der Waals surface area contributed by atoms with E-state index in [1.807, 2.05) is 6.92 Å². The molecule has 0 heterocycles. The number of rotatable bonds is 6. The zero-order valence-corrected chi connectivity index (χ0v) is 13.2. The first-order valence-corrected chi connectivity index (χ1v) is 7.25. The lowest BCUT2D eigenvalue weighted by molar-refractivity contribution is -0.116. The molecule has 0 unspecified atom stereocenters. The highest BCUT2D eigenvalue weighted by atomic mass is 16.2. The maximum atomic E-state index is 11.8. The lowest BCUT2D eigenvalue weighted by Crippen LogP contribution is -2.37. The first-order chi connectivity index (χ1) is 9.81.